The Morgan fingerprint density at radius 1 is 1.33 bits per heavy atom. The molecular formula is C15H22FNO3S. The standard InChI is InChI=1S/C15H22FNO3S/c1-4-17(10-14-6-5-7-20-14)21(18,19)15-11(2)8-13(16)9-12(15)3/h8-9,14H,4-7,10H2,1-3H3. The summed E-state index contributed by atoms with van der Waals surface area (Å²) in [5.74, 6) is -0.411. The normalized spacial score (nSPS) is 19.4. The van der Waals surface area contributed by atoms with Crippen molar-refractivity contribution >= 4 is 10.0 Å². The average Bonchev–Trinajstić information content (AvgIpc) is 2.86. The summed E-state index contributed by atoms with van der Waals surface area (Å²) < 4.78 is 46.0. The molecule has 0 amide bonds. The van der Waals surface area contributed by atoms with Crippen molar-refractivity contribution in [3.63, 3.8) is 0 Å². The van der Waals surface area contributed by atoms with E-state index in [4.69, 9.17) is 4.74 Å². The number of hydrogen-bond acceptors (Lipinski definition) is 3. The predicted octanol–water partition coefficient (Wildman–Crippen LogP) is 2.63. The van der Waals surface area contributed by atoms with Crippen LogP contribution in [0.2, 0.25) is 0 Å². The maximum atomic E-state index is 13.4. The molecular weight excluding hydrogens is 293 g/mol. The summed E-state index contributed by atoms with van der Waals surface area (Å²) in [6.45, 7) is 6.48. The molecule has 1 fully saturated rings. The van der Waals surface area contributed by atoms with Crippen molar-refractivity contribution in [2.24, 2.45) is 0 Å². The van der Waals surface area contributed by atoms with Gasteiger partial charge in [0.1, 0.15) is 5.82 Å². The van der Waals surface area contributed by atoms with Gasteiger partial charge < -0.3 is 4.74 Å². The summed E-state index contributed by atoms with van der Waals surface area (Å²) in [7, 11) is -3.63. The van der Waals surface area contributed by atoms with E-state index in [0.29, 0.717) is 30.8 Å². The third kappa shape index (κ3) is 3.44. The maximum Gasteiger partial charge on any atom is 0.243 e. The van der Waals surface area contributed by atoms with Crippen LogP contribution in [0.3, 0.4) is 0 Å². The molecule has 4 nitrogen and oxygen atoms in total. The van der Waals surface area contributed by atoms with E-state index in [9.17, 15) is 12.8 Å². The highest BCUT2D eigenvalue weighted by molar-refractivity contribution is 7.89. The Hall–Kier alpha value is -0.980. The number of hydrogen-bond donors (Lipinski definition) is 0. The molecule has 0 saturated carbocycles. The Kier molecular flexibility index (Phi) is 5.01. The molecule has 0 N–H and O–H groups in total. The predicted molar refractivity (Wildman–Crippen MR) is 79.3 cm³/mol. The Morgan fingerprint density at radius 2 is 1.95 bits per heavy atom. The summed E-state index contributed by atoms with van der Waals surface area (Å²) in [5, 5.41) is 0. The van der Waals surface area contributed by atoms with Gasteiger partial charge in [0.2, 0.25) is 10.0 Å². The zero-order valence-corrected chi connectivity index (χ0v) is 13.5. The van der Waals surface area contributed by atoms with Gasteiger partial charge in [-0.15, -0.1) is 0 Å². The fourth-order valence-corrected chi connectivity index (χ4v) is 4.74. The number of rotatable bonds is 5. The largest absolute Gasteiger partial charge is 0.377 e. The first-order chi connectivity index (χ1) is 9.86. The van der Waals surface area contributed by atoms with Gasteiger partial charge >= 0.3 is 0 Å². The Bertz CT molecular complexity index is 586. The van der Waals surface area contributed by atoms with E-state index in [1.54, 1.807) is 20.8 Å². The smallest absolute Gasteiger partial charge is 0.243 e. The zero-order valence-electron chi connectivity index (χ0n) is 12.7. The fraction of sp³-hybridized carbons (Fsp3) is 0.600. The lowest BCUT2D eigenvalue weighted by molar-refractivity contribution is 0.0946. The minimum Gasteiger partial charge on any atom is -0.377 e. The summed E-state index contributed by atoms with van der Waals surface area (Å²) >= 11 is 0. The SMILES string of the molecule is CCN(CC1CCCO1)S(=O)(=O)c1c(C)cc(F)cc1C. The number of ether oxygens (including phenoxy) is 1. The minimum absolute atomic E-state index is 0.0409. The number of nitrogens with zero attached hydrogens (tertiary/aromatic N) is 1. The van der Waals surface area contributed by atoms with Crippen molar-refractivity contribution < 1.29 is 17.5 Å². The van der Waals surface area contributed by atoms with Gasteiger partial charge in [-0.2, -0.15) is 4.31 Å². The van der Waals surface area contributed by atoms with E-state index in [0.717, 1.165) is 12.8 Å². The van der Waals surface area contributed by atoms with Crippen LogP contribution in [0.25, 0.3) is 0 Å². The first-order valence-corrected chi connectivity index (χ1v) is 8.68. The first-order valence-electron chi connectivity index (χ1n) is 7.24. The molecule has 1 unspecified atom stereocenters. The second-order valence-corrected chi connectivity index (χ2v) is 7.33. The van der Waals surface area contributed by atoms with Gasteiger partial charge in [-0.05, 0) is 49.9 Å². The lowest BCUT2D eigenvalue weighted by Gasteiger charge is -2.25. The van der Waals surface area contributed by atoms with E-state index >= 15 is 0 Å². The summed E-state index contributed by atoms with van der Waals surface area (Å²) in [5.41, 5.74) is 0.886. The van der Waals surface area contributed by atoms with Gasteiger partial charge in [0.25, 0.3) is 0 Å². The fourth-order valence-electron chi connectivity index (χ4n) is 2.85. The third-order valence-electron chi connectivity index (χ3n) is 3.81. The molecule has 0 aromatic heterocycles. The zero-order chi connectivity index (χ0) is 15.6. The van der Waals surface area contributed by atoms with Crippen LogP contribution in [0.1, 0.15) is 30.9 Å². The highest BCUT2D eigenvalue weighted by Crippen LogP contribution is 2.26. The number of halogens is 1. The lowest BCUT2D eigenvalue weighted by Crippen LogP contribution is -2.37. The van der Waals surface area contributed by atoms with Crippen molar-refractivity contribution in [1.29, 1.82) is 0 Å². The Morgan fingerprint density at radius 3 is 2.43 bits per heavy atom. The van der Waals surface area contributed by atoms with Gasteiger partial charge in [-0.1, -0.05) is 6.92 Å². The van der Waals surface area contributed by atoms with Crippen molar-refractivity contribution in [2.75, 3.05) is 19.7 Å². The number of sulfonamides is 1. The van der Waals surface area contributed by atoms with E-state index in [1.807, 2.05) is 0 Å². The molecule has 0 spiro atoms. The number of likely N-dealkylation sites (N-methyl/N-ethyl adjacent to an activating group) is 1. The van der Waals surface area contributed by atoms with Crippen molar-refractivity contribution in [3.8, 4) is 0 Å². The molecule has 1 aliphatic heterocycles. The molecule has 0 bridgehead atoms. The van der Waals surface area contributed by atoms with Crippen LogP contribution in [0, 0.1) is 19.7 Å². The second kappa shape index (κ2) is 6.42. The summed E-state index contributed by atoms with van der Waals surface area (Å²) in [6.07, 6.45) is 1.81. The molecule has 1 aliphatic rings. The molecule has 1 aromatic rings. The topological polar surface area (TPSA) is 46.6 Å². The molecule has 0 aliphatic carbocycles. The molecule has 2 rings (SSSR count). The maximum absolute atomic E-state index is 13.4. The summed E-state index contributed by atoms with van der Waals surface area (Å²) in [4.78, 5) is 0.212. The minimum atomic E-state index is -3.63. The number of aryl methyl sites for hydroxylation is 2. The molecule has 6 heteroatoms. The van der Waals surface area contributed by atoms with Crippen LogP contribution >= 0.6 is 0 Å². The molecule has 21 heavy (non-hydrogen) atoms. The molecule has 1 atom stereocenters. The molecule has 0 radical (unpaired) electrons. The van der Waals surface area contributed by atoms with Gasteiger partial charge in [0, 0.05) is 19.7 Å². The van der Waals surface area contributed by atoms with Crippen LogP contribution in [0.15, 0.2) is 17.0 Å². The monoisotopic (exact) mass is 315 g/mol. The van der Waals surface area contributed by atoms with Crippen LogP contribution in [0.5, 0.6) is 0 Å². The van der Waals surface area contributed by atoms with Crippen molar-refractivity contribution in [1.82, 2.24) is 4.31 Å². The number of benzene rings is 1. The van der Waals surface area contributed by atoms with Crippen molar-refractivity contribution in [2.45, 2.75) is 44.6 Å². The quantitative estimate of drug-likeness (QED) is 0.839. The highest BCUT2D eigenvalue weighted by atomic mass is 32.2. The highest BCUT2D eigenvalue weighted by Gasteiger charge is 2.30. The van der Waals surface area contributed by atoms with E-state index in [1.165, 1.54) is 16.4 Å². The van der Waals surface area contributed by atoms with E-state index in [2.05, 4.69) is 0 Å². The van der Waals surface area contributed by atoms with Gasteiger partial charge in [-0.3, -0.25) is 0 Å². The molecule has 1 aromatic carbocycles. The Balaban J connectivity index is 2.35. The van der Waals surface area contributed by atoms with Crippen LogP contribution in [0.4, 0.5) is 4.39 Å². The lowest BCUT2D eigenvalue weighted by atomic mass is 10.1. The van der Waals surface area contributed by atoms with Crippen LogP contribution in [-0.4, -0.2) is 38.5 Å². The second-order valence-electron chi connectivity index (χ2n) is 5.46. The molecule has 118 valence electrons. The third-order valence-corrected chi connectivity index (χ3v) is 6.05. The van der Waals surface area contributed by atoms with Gasteiger partial charge in [0.05, 0.1) is 11.0 Å². The summed E-state index contributed by atoms with van der Waals surface area (Å²) in [6, 6.07) is 2.53. The van der Waals surface area contributed by atoms with Crippen LogP contribution < -0.4 is 0 Å². The first kappa shape index (κ1) is 16.4. The average molecular weight is 315 g/mol. The van der Waals surface area contributed by atoms with E-state index in [-0.39, 0.29) is 11.0 Å². The van der Waals surface area contributed by atoms with E-state index < -0.39 is 15.8 Å². The van der Waals surface area contributed by atoms with Crippen molar-refractivity contribution in [3.05, 3.63) is 29.1 Å². The molecule has 1 saturated heterocycles. The molecule has 1 heterocycles. The Labute approximate surface area is 126 Å². The van der Waals surface area contributed by atoms with Crippen LogP contribution in [-0.2, 0) is 14.8 Å². The van der Waals surface area contributed by atoms with Gasteiger partial charge in [-0.25, -0.2) is 12.8 Å². The van der Waals surface area contributed by atoms with Gasteiger partial charge in [0.15, 0.2) is 0 Å².